The molecule has 1 aliphatic rings. The predicted octanol–water partition coefficient (Wildman–Crippen LogP) is -0.783. The molecule has 2 amide bonds. The van der Waals surface area contributed by atoms with Crippen LogP contribution in [0.1, 0.15) is 40.5 Å². The van der Waals surface area contributed by atoms with Gasteiger partial charge in [0.2, 0.25) is 15.8 Å². The number of carbonyl (C=O) groups excluding carboxylic acids is 3. The second kappa shape index (κ2) is 12.2. The average Bonchev–Trinajstić information content (AvgIpc) is 2.91. The summed E-state index contributed by atoms with van der Waals surface area (Å²) in [4.78, 5) is 54.4. The number of carboxylic acid groups (broad SMARTS) is 1. The van der Waals surface area contributed by atoms with E-state index in [1.54, 1.807) is 4.72 Å². The van der Waals surface area contributed by atoms with E-state index < -0.39 is 50.2 Å². The monoisotopic (exact) mass is 546 g/mol. The van der Waals surface area contributed by atoms with Crippen LogP contribution in [0.25, 0.3) is 0 Å². The number of Topliss-reactive ketones (excluding diaryl/α,β-unsaturated/α-hetero) is 1. The maximum Gasteiger partial charge on any atom is 0.353 e. The number of sulfonamides is 1. The lowest BCUT2D eigenvalue weighted by Crippen LogP contribution is -2.72. The van der Waals surface area contributed by atoms with Gasteiger partial charge in [-0.2, -0.15) is 4.72 Å². The number of ketones is 1. The molecule has 2 atom stereocenters. The molecular formula is C24H30N6O7S. The van der Waals surface area contributed by atoms with Gasteiger partial charge in [0.15, 0.2) is 0 Å². The van der Waals surface area contributed by atoms with Gasteiger partial charge in [0, 0.05) is 30.1 Å². The molecule has 1 saturated heterocycles. The Kier molecular flexibility index (Phi) is 9.27. The number of carbonyl (C=O) groups is 4. The highest BCUT2D eigenvalue weighted by molar-refractivity contribution is 7.89. The zero-order chi connectivity index (χ0) is 27.9. The van der Waals surface area contributed by atoms with Crippen molar-refractivity contribution in [1.29, 1.82) is 0 Å². The Morgan fingerprint density at radius 3 is 2.37 bits per heavy atom. The summed E-state index contributed by atoms with van der Waals surface area (Å²) in [5, 5.41) is 18.0. The molecule has 1 aliphatic heterocycles. The lowest BCUT2D eigenvalue weighted by atomic mass is 9.98. The Morgan fingerprint density at radius 1 is 1.13 bits per heavy atom. The molecule has 7 N–H and O–H groups in total. The summed E-state index contributed by atoms with van der Waals surface area (Å²) in [6.07, 6.45) is 4.08. The lowest BCUT2D eigenvalue weighted by molar-refractivity contribution is -0.150. The van der Waals surface area contributed by atoms with Crippen molar-refractivity contribution in [1.82, 2.24) is 25.7 Å². The number of carboxylic acids is 1. The summed E-state index contributed by atoms with van der Waals surface area (Å²) in [5.74, 6) is -4.56. The molecule has 38 heavy (non-hydrogen) atoms. The fraction of sp³-hybridized carbons (Fsp3) is 0.375. The number of aromatic nitrogens is 1. The minimum Gasteiger partial charge on any atom is -0.478 e. The van der Waals surface area contributed by atoms with Gasteiger partial charge in [-0.15, -0.1) is 0 Å². The molecule has 0 aliphatic carbocycles. The molecule has 2 heterocycles. The molecule has 14 heteroatoms. The van der Waals surface area contributed by atoms with Crippen molar-refractivity contribution < 1.29 is 32.7 Å². The second-order valence-electron chi connectivity index (χ2n) is 8.94. The van der Waals surface area contributed by atoms with Gasteiger partial charge < -0.3 is 26.8 Å². The molecule has 13 nitrogen and oxygen atoms in total. The zero-order valence-electron chi connectivity index (χ0n) is 20.6. The van der Waals surface area contributed by atoms with Crippen LogP contribution in [0.3, 0.4) is 0 Å². The standard InChI is InChI=1S/C24H30N6O7S/c1-15(25)20(31)24(23(34)35,30-38(36,37)19-6-3-9-27-14-19)29-22(33)18-5-2-4-17(12-18)21(32)28-13-16-7-10-26-11-8-16/h2-6,9,12,14-16,26,30H,7-8,10-11,13,25H2,1H3,(H,28,32)(H,29,33)(H,34,35)/t15-,24?/m0/s1. The third-order valence-electron chi connectivity index (χ3n) is 6.03. The van der Waals surface area contributed by atoms with Crippen LogP contribution >= 0.6 is 0 Å². The maximum absolute atomic E-state index is 13.1. The summed E-state index contributed by atoms with van der Waals surface area (Å²) in [7, 11) is -4.66. The number of pyridine rings is 1. The second-order valence-corrected chi connectivity index (χ2v) is 10.6. The molecule has 0 saturated carbocycles. The Bertz CT molecular complexity index is 1300. The molecular weight excluding hydrogens is 516 g/mol. The molecule has 1 unspecified atom stereocenters. The molecule has 0 spiro atoms. The normalized spacial score (nSPS) is 16.6. The zero-order valence-corrected chi connectivity index (χ0v) is 21.5. The van der Waals surface area contributed by atoms with Gasteiger partial charge in [0.25, 0.3) is 17.5 Å². The number of piperidine rings is 1. The fourth-order valence-electron chi connectivity index (χ4n) is 3.92. The van der Waals surface area contributed by atoms with E-state index >= 15 is 0 Å². The highest BCUT2D eigenvalue weighted by atomic mass is 32.2. The first-order valence-electron chi connectivity index (χ1n) is 11.8. The lowest BCUT2D eigenvalue weighted by Gasteiger charge is -2.31. The number of benzene rings is 1. The summed E-state index contributed by atoms with van der Waals surface area (Å²) in [6.45, 7) is 3.34. The predicted molar refractivity (Wildman–Crippen MR) is 135 cm³/mol. The van der Waals surface area contributed by atoms with Crippen LogP contribution in [0.2, 0.25) is 0 Å². The fourth-order valence-corrected chi connectivity index (χ4v) is 5.13. The summed E-state index contributed by atoms with van der Waals surface area (Å²) >= 11 is 0. The smallest absolute Gasteiger partial charge is 0.353 e. The number of nitrogens with two attached hydrogens (primary N) is 1. The van der Waals surface area contributed by atoms with E-state index in [1.165, 1.54) is 36.5 Å². The van der Waals surface area contributed by atoms with Crippen molar-refractivity contribution >= 4 is 33.6 Å². The van der Waals surface area contributed by atoms with Crippen LogP contribution in [0, 0.1) is 5.92 Å². The molecule has 1 fully saturated rings. The van der Waals surface area contributed by atoms with E-state index in [2.05, 4.69) is 15.6 Å². The number of aliphatic carboxylic acids is 1. The number of hydrogen-bond acceptors (Lipinski definition) is 9. The van der Waals surface area contributed by atoms with Crippen LogP contribution in [-0.2, 0) is 19.6 Å². The topological polar surface area (TPSA) is 210 Å². The summed E-state index contributed by atoms with van der Waals surface area (Å²) in [5.41, 5.74) is 2.43. The highest BCUT2D eigenvalue weighted by Gasteiger charge is 2.52. The van der Waals surface area contributed by atoms with E-state index in [4.69, 9.17) is 5.73 Å². The molecule has 0 bridgehead atoms. The number of amides is 2. The Morgan fingerprint density at radius 2 is 1.79 bits per heavy atom. The first-order valence-corrected chi connectivity index (χ1v) is 13.3. The molecule has 1 aromatic carbocycles. The first-order chi connectivity index (χ1) is 18.0. The van der Waals surface area contributed by atoms with Crippen LogP contribution < -0.4 is 26.4 Å². The van der Waals surface area contributed by atoms with Gasteiger partial charge in [-0.05, 0) is 69.1 Å². The van der Waals surface area contributed by atoms with E-state index in [0.717, 1.165) is 45.1 Å². The number of rotatable bonds is 11. The number of nitrogens with zero attached hydrogens (tertiary/aromatic N) is 1. The van der Waals surface area contributed by atoms with E-state index in [0.29, 0.717) is 12.5 Å². The minimum absolute atomic E-state index is 0.127. The third kappa shape index (κ3) is 6.77. The summed E-state index contributed by atoms with van der Waals surface area (Å²) < 4.78 is 27.6. The molecule has 204 valence electrons. The quantitative estimate of drug-likeness (QED) is 0.153. The largest absolute Gasteiger partial charge is 0.478 e. The van der Waals surface area contributed by atoms with E-state index in [1.807, 2.05) is 5.32 Å². The van der Waals surface area contributed by atoms with Gasteiger partial charge in [0.05, 0.1) is 6.04 Å². The van der Waals surface area contributed by atoms with Crippen molar-refractivity contribution in [3.63, 3.8) is 0 Å². The number of nitrogens with one attached hydrogen (secondary N) is 4. The van der Waals surface area contributed by atoms with Gasteiger partial charge in [-0.3, -0.25) is 19.4 Å². The minimum atomic E-state index is -4.66. The Labute approximate surface area is 219 Å². The van der Waals surface area contributed by atoms with Gasteiger partial charge >= 0.3 is 5.97 Å². The van der Waals surface area contributed by atoms with Gasteiger partial charge in [-0.25, -0.2) is 13.2 Å². The van der Waals surface area contributed by atoms with Crippen LogP contribution in [0.15, 0.2) is 53.7 Å². The molecule has 3 rings (SSSR count). The van der Waals surface area contributed by atoms with Crippen molar-refractivity contribution in [2.24, 2.45) is 11.7 Å². The van der Waals surface area contributed by atoms with Crippen molar-refractivity contribution in [3.8, 4) is 0 Å². The van der Waals surface area contributed by atoms with Gasteiger partial charge in [-0.1, -0.05) is 6.07 Å². The van der Waals surface area contributed by atoms with Crippen molar-refractivity contribution in [3.05, 3.63) is 59.9 Å². The van der Waals surface area contributed by atoms with E-state index in [-0.39, 0.29) is 11.1 Å². The Balaban J connectivity index is 1.87. The highest BCUT2D eigenvalue weighted by Crippen LogP contribution is 2.16. The van der Waals surface area contributed by atoms with Crippen LogP contribution in [0.4, 0.5) is 0 Å². The van der Waals surface area contributed by atoms with Crippen LogP contribution in [-0.4, -0.2) is 73.4 Å². The van der Waals surface area contributed by atoms with Crippen LogP contribution in [0.5, 0.6) is 0 Å². The Hall–Kier alpha value is -3.72. The third-order valence-corrected chi connectivity index (χ3v) is 7.47. The van der Waals surface area contributed by atoms with Crippen molar-refractivity contribution in [2.75, 3.05) is 19.6 Å². The molecule has 1 aromatic heterocycles. The summed E-state index contributed by atoms with van der Waals surface area (Å²) in [6, 6.07) is 6.33. The average molecular weight is 547 g/mol. The van der Waals surface area contributed by atoms with Crippen molar-refractivity contribution in [2.45, 2.75) is 36.4 Å². The van der Waals surface area contributed by atoms with E-state index in [9.17, 15) is 32.7 Å². The molecule has 2 aromatic rings. The van der Waals surface area contributed by atoms with Gasteiger partial charge in [0.1, 0.15) is 4.90 Å². The number of hydrogen-bond donors (Lipinski definition) is 6. The SMILES string of the molecule is C[C@H](N)C(=O)C(NC(=O)c1cccc(C(=O)NCC2CCNCC2)c1)(NS(=O)(=O)c1cccnc1)C(=O)O. The first kappa shape index (κ1) is 28.8. The maximum atomic E-state index is 13.1. The molecule has 0 radical (unpaired) electrons.